The normalized spacial score (nSPS) is 5.96. The molecule has 0 amide bonds. The van der Waals surface area contributed by atoms with Crippen molar-refractivity contribution in [2.24, 2.45) is 0 Å². The fourth-order valence-electron chi connectivity index (χ4n) is 0. The maximum Gasteiger partial charge on any atom is 0.0967 e. The summed E-state index contributed by atoms with van der Waals surface area (Å²) in [4.78, 5) is 0. The highest BCUT2D eigenvalue weighted by molar-refractivity contribution is 6.54. The van der Waals surface area contributed by atoms with Crippen LogP contribution in [0.1, 0.15) is 0 Å². The molecule has 0 aromatic heterocycles. The Morgan fingerprint density at radius 1 is 0.0470 bits per heavy atom. The molecule has 149 heavy (non-hydrogen) atoms. The van der Waals surface area contributed by atoms with Gasteiger partial charge in [0.1, 0.15) is 0 Å². The molecule has 0 aliphatic rings. The van der Waals surface area contributed by atoms with Crippen molar-refractivity contribution in [1.82, 2.24) is 0 Å². The number of hydrogen-bond donors (Lipinski definition) is 1. The van der Waals surface area contributed by atoms with E-state index < -0.39 is 0 Å². The van der Waals surface area contributed by atoms with Gasteiger partial charge in [-0.3, -0.25) is 0 Å². The van der Waals surface area contributed by atoms with E-state index in [9.17, 15) is 0 Å². The number of alkyl halides is 98. The Morgan fingerprint density at radius 2 is 0.0470 bits per heavy atom. The Kier molecular flexibility index (Phi) is 2070. The van der Waals surface area contributed by atoms with Crippen molar-refractivity contribution in [3.05, 3.63) is 0 Å². The molecule has 0 bridgehead atoms. The Hall–Kier alpha value is 28.4. The highest BCUT2D eigenvalue weighted by atomic mass is 35.6. The van der Waals surface area contributed by atoms with E-state index in [1.807, 2.05) is 0 Å². The maximum atomic E-state index is 7.00. The van der Waals surface area contributed by atoms with Crippen LogP contribution in [0, 0.1) is 0 Å². The Balaban J connectivity index is -0.0000000140. The third-order valence-electron chi connectivity index (χ3n) is 0. The molecule has 994 valence electrons. The van der Waals surface area contributed by atoms with Gasteiger partial charge in [-0.15, -0.1) is 1140 Å². The number of hydrogen-bond acceptors (Lipinski definition) is 1. The summed E-state index contributed by atoms with van der Waals surface area (Å²) in [7, 11) is 1.00. The van der Waals surface area contributed by atoms with Gasteiger partial charge in [0.2, 0.25) is 0 Å². The van der Waals surface area contributed by atoms with E-state index in [-0.39, 0.29) is 262 Å². The van der Waals surface area contributed by atoms with Gasteiger partial charge in [-0.2, -0.15) is 0 Å². The van der Waals surface area contributed by atoms with Crippen molar-refractivity contribution in [3.8, 4) is 0 Å². The molecule has 0 aliphatic carbocycles. The summed E-state index contributed by atoms with van der Waals surface area (Å²) in [5.41, 5.74) is 0. The van der Waals surface area contributed by atoms with E-state index in [1.54, 1.807) is 0 Å². The zero-order valence-corrected chi connectivity index (χ0v) is 147. The molecule has 0 saturated heterocycles. The van der Waals surface area contributed by atoms with Crippen molar-refractivity contribution in [2.45, 2.75) is 0 Å². The highest BCUT2D eigenvalue weighted by Crippen LogP contribution is 1.87. The van der Waals surface area contributed by atoms with Gasteiger partial charge < -0.3 is 5.11 Å². The Bertz CT molecular complexity index is 420. The molecular formula is C50H102Cl98O. The van der Waals surface area contributed by atoms with Crippen LogP contribution in [0.25, 0.3) is 0 Å². The fourth-order valence-corrected chi connectivity index (χ4v) is 0. The molecule has 0 saturated carbocycles. The largest absolute Gasteiger partial charge is 0.400 e. The maximum absolute atomic E-state index is 7.00. The quantitative estimate of drug-likeness (QED) is 0.240. The minimum atomic E-state index is 0.194. The van der Waals surface area contributed by atoms with Crippen molar-refractivity contribution in [1.29, 1.82) is 0 Å². The molecule has 0 radical (unpaired) electrons. The smallest absolute Gasteiger partial charge is 0.0967 e. The highest BCUT2D eigenvalue weighted by Gasteiger charge is 1.55. The van der Waals surface area contributed by atoms with Gasteiger partial charge in [0.05, 0.1) is 262 Å². The summed E-state index contributed by atoms with van der Waals surface area (Å²) in [6, 6.07) is 0. The summed E-state index contributed by atoms with van der Waals surface area (Å²) in [6.45, 7) is 0. The second-order valence-corrected chi connectivity index (χ2v) is 44.5. The van der Waals surface area contributed by atoms with Gasteiger partial charge in [-0.05, 0) is 0 Å². The molecule has 0 aromatic rings. The molecule has 0 atom stereocenters. The lowest BCUT2D eigenvalue weighted by molar-refractivity contribution is 0.399. The first kappa shape index (κ1) is 340. The topological polar surface area (TPSA) is 20.2 Å². The summed E-state index contributed by atoms with van der Waals surface area (Å²) >= 11 is 467. The van der Waals surface area contributed by atoms with E-state index in [1.165, 1.54) is 0 Å². The zero-order valence-electron chi connectivity index (χ0n) is 73.1. The van der Waals surface area contributed by atoms with E-state index in [0.717, 1.165) is 7.11 Å². The number of aliphatic hydroxyl groups excluding tert-OH is 1. The fraction of sp³-hybridized carbons (Fsp3) is 1.00. The molecule has 0 unspecified atom stereocenters. The molecular weight excluding hydrogens is 4090 g/mol. The van der Waals surface area contributed by atoms with Crippen LogP contribution in [-0.2, 0) is 0 Å². The average molecular weight is 4190 g/mol. The minimum absolute atomic E-state index is 0.194. The Labute approximate surface area is 1380 Å². The predicted octanol–water partition coefficient (Wildman–Crippen LogP) is 69.3. The van der Waals surface area contributed by atoms with E-state index >= 15 is 0 Å². The molecule has 1 N–H and O–H groups in total. The summed E-state index contributed by atoms with van der Waals surface area (Å²) in [5, 5.41) is 16.5. The number of rotatable bonds is 0. The molecule has 0 spiro atoms. The van der Waals surface area contributed by atoms with Crippen LogP contribution in [0.2, 0.25) is 0 Å². The van der Waals surface area contributed by atoms with Crippen LogP contribution in [0.4, 0.5) is 0 Å². The lowest BCUT2D eigenvalue weighted by Gasteiger charge is -1.42. The lowest BCUT2D eigenvalue weighted by Crippen LogP contribution is -1.25. The Morgan fingerprint density at radius 3 is 0.0470 bits per heavy atom. The van der Waals surface area contributed by atoms with Gasteiger partial charge in [-0.1, -0.05) is 0 Å². The summed E-state index contributed by atoms with van der Waals surface area (Å²) in [6.07, 6.45) is 0. The first-order chi connectivity index (χ1) is 70.3. The minimum Gasteiger partial charge on any atom is -0.400 e. The van der Waals surface area contributed by atoms with Crippen LogP contribution in [0.3, 0.4) is 0 Å². The van der Waals surface area contributed by atoms with Gasteiger partial charge in [-0.25, -0.2) is 0 Å². The van der Waals surface area contributed by atoms with E-state index in [4.69, 9.17) is 1140 Å². The number of halogens is 98. The molecule has 99 heteroatoms. The third-order valence-corrected chi connectivity index (χ3v) is 0. The lowest BCUT2D eigenvalue weighted by atomic mass is 11.8. The van der Waals surface area contributed by atoms with Crippen molar-refractivity contribution >= 4 is 1140 Å². The van der Waals surface area contributed by atoms with Crippen LogP contribution in [0.5, 0.6) is 0 Å². The van der Waals surface area contributed by atoms with Crippen LogP contribution < -0.4 is 0 Å². The first-order valence-corrected chi connectivity index (χ1v) is 79.0. The SMILES string of the molecule is CO.ClCCl.ClCCl.ClCCl.ClCCl.ClCCl.ClCCl.ClCCl.ClCCl.ClCCl.ClCCl.ClCCl.ClCCl.ClCCl.ClCCl.ClCCl.ClCCl.ClCCl.ClCCl.ClCCl.ClCCl.ClCCl.ClCCl.ClCCl.ClCCl.ClCCl.ClCCl.ClCCl.ClCCl.ClCCl.ClCCl.ClCCl.ClCCl.ClCCl.ClCCl.ClCCl.ClCCl.ClCCl.ClCCl.ClCCl.ClCCl.ClCCl.ClCCl.ClCCl.ClCCl.ClCCl.ClCCl.ClCCl.ClCCl.ClCCl. The van der Waals surface area contributed by atoms with Gasteiger partial charge >= 0.3 is 0 Å². The van der Waals surface area contributed by atoms with E-state index in [0.29, 0.717) is 0 Å². The zero-order chi connectivity index (χ0) is 135. The molecule has 0 aromatic carbocycles. The monoisotopic (exact) mass is 4150 g/mol. The predicted molar refractivity (Wildman–Crippen MR) is 820 cm³/mol. The number of aliphatic hydroxyl groups is 1. The molecule has 0 rings (SSSR count). The third kappa shape index (κ3) is 6660. The summed E-state index contributed by atoms with van der Waals surface area (Å²) < 4.78 is 0. The molecule has 0 heterocycles. The second kappa shape index (κ2) is 906. The van der Waals surface area contributed by atoms with Gasteiger partial charge in [0, 0.05) is 7.11 Å². The standard InChI is InChI=1S/49CH2Cl2.CH4O/c49*2-1-3;1-2/h49*1H2;2H,1H3. The van der Waals surface area contributed by atoms with E-state index in [2.05, 4.69) is 0 Å². The second-order valence-electron chi connectivity index (χ2n) is 4.95. The van der Waals surface area contributed by atoms with Crippen molar-refractivity contribution in [2.75, 3.05) is 269 Å². The summed E-state index contributed by atoms with van der Waals surface area (Å²) in [5.74, 6) is 0. The van der Waals surface area contributed by atoms with Crippen LogP contribution in [-0.4, -0.2) is 274 Å². The molecule has 0 aliphatic heterocycles. The van der Waals surface area contributed by atoms with Crippen molar-refractivity contribution in [3.63, 3.8) is 0 Å². The molecule has 0 fully saturated rings. The molecule has 1 nitrogen and oxygen atoms in total. The van der Waals surface area contributed by atoms with Gasteiger partial charge in [0.25, 0.3) is 0 Å². The van der Waals surface area contributed by atoms with Crippen LogP contribution in [0.15, 0.2) is 0 Å². The average Bonchev–Trinajstić information content (AvgIpc) is 3.78. The van der Waals surface area contributed by atoms with Gasteiger partial charge in [0.15, 0.2) is 0 Å². The van der Waals surface area contributed by atoms with Crippen molar-refractivity contribution < 1.29 is 5.11 Å². The first-order valence-electron chi connectivity index (χ1n) is 26.6. The van der Waals surface area contributed by atoms with Crippen LogP contribution >= 0.6 is 1140 Å².